The van der Waals surface area contributed by atoms with Crippen molar-refractivity contribution in [2.45, 2.75) is 11.8 Å². The summed E-state index contributed by atoms with van der Waals surface area (Å²) in [5.74, 6) is -1.18. The van der Waals surface area contributed by atoms with E-state index in [0.717, 1.165) is 0 Å². The lowest BCUT2D eigenvalue weighted by Gasteiger charge is -2.32. The Bertz CT molecular complexity index is 1040. The Morgan fingerprint density at radius 3 is 2.34 bits per heavy atom. The summed E-state index contributed by atoms with van der Waals surface area (Å²) < 4.78 is 27.7. The zero-order chi connectivity index (χ0) is 21.2. The third-order valence-electron chi connectivity index (χ3n) is 4.97. The predicted octanol–water partition coefficient (Wildman–Crippen LogP) is 1.28. The van der Waals surface area contributed by atoms with Crippen LogP contribution < -0.4 is 11.1 Å². The van der Waals surface area contributed by atoms with Crippen LogP contribution >= 0.6 is 0 Å². The molecular formula is C20H24N4O4S. The molecule has 0 saturated carbocycles. The van der Waals surface area contributed by atoms with Gasteiger partial charge in [0.15, 0.2) is 0 Å². The van der Waals surface area contributed by atoms with Crippen molar-refractivity contribution in [1.29, 1.82) is 0 Å². The van der Waals surface area contributed by atoms with Gasteiger partial charge in [0.05, 0.1) is 16.1 Å². The minimum atomic E-state index is -3.71. The van der Waals surface area contributed by atoms with Gasteiger partial charge >= 0.3 is 0 Å². The lowest BCUT2D eigenvalue weighted by atomic mass is 10.1. The Balaban J connectivity index is 1.89. The van der Waals surface area contributed by atoms with E-state index >= 15 is 0 Å². The van der Waals surface area contributed by atoms with E-state index in [1.165, 1.54) is 16.4 Å². The van der Waals surface area contributed by atoms with E-state index in [-0.39, 0.29) is 21.7 Å². The first-order valence-electron chi connectivity index (χ1n) is 9.19. The molecule has 0 atom stereocenters. The van der Waals surface area contributed by atoms with E-state index in [9.17, 15) is 18.0 Å². The van der Waals surface area contributed by atoms with Crippen LogP contribution in [0.4, 0.5) is 5.69 Å². The number of anilines is 1. The van der Waals surface area contributed by atoms with Gasteiger partial charge in [0.2, 0.25) is 10.0 Å². The molecule has 3 rings (SSSR count). The Hall–Kier alpha value is -2.75. The van der Waals surface area contributed by atoms with E-state index in [1.54, 1.807) is 37.3 Å². The molecular weight excluding hydrogens is 392 g/mol. The molecule has 0 radical (unpaired) electrons. The van der Waals surface area contributed by atoms with Crippen molar-refractivity contribution in [1.82, 2.24) is 9.21 Å². The SMILES string of the molecule is Cc1ccc(C(=O)Nc2ccccc2C(N)=O)cc1S(=O)(=O)N1CCN(C)CC1. The second-order valence-electron chi connectivity index (χ2n) is 7.05. The van der Waals surface area contributed by atoms with Crippen molar-refractivity contribution < 1.29 is 18.0 Å². The minimum absolute atomic E-state index is 0.109. The quantitative estimate of drug-likeness (QED) is 0.762. The summed E-state index contributed by atoms with van der Waals surface area (Å²) in [4.78, 5) is 26.4. The highest BCUT2D eigenvalue weighted by Gasteiger charge is 2.29. The molecule has 2 aromatic rings. The van der Waals surface area contributed by atoms with Gasteiger partial charge < -0.3 is 16.0 Å². The largest absolute Gasteiger partial charge is 0.366 e. The topological polar surface area (TPSA) is 113 Å². The molecule has 1 saturated heterocycles. The highest BCUT2D eigenvalue weighted by atomic mass is 32.2. The molecule has 0 spiro atoms. The number of hydrogen-bond acceptors (Lipinski definition) is 5. The second kappa shape index (κ2) is 8.32. The maximum atomic E-state index is 13.1. The molecule has 2 aromatic carbocycles. The van der Waals surface area contributed by atoms with Crippen molar-refractivity contribution in [3.8, 4) is 0 Å². The normalized spacial score (nSPS) is 15.8. The van der Waals surface area contributed by atoms with Crippen LogP contribution in [0.1, 0.15) is 26.3 Å². The van der Waals surface area contributed by atoms with E-state index < -0.39 is 21.8 Å². The van der Waals surface area contributed by atoms with Crippen molar-refractivity contribution in [2.24, 2.45) is 5.73 Å². The number of carbonyl (C=O) groups excluding carboxylic acids is 2. The predicted molar refractivity (Wildman–Crippen MR) is 110 cm³/mol. The first kappa shape index (κ1) is 21.0. The van der Waals surface area contributed by atoms with Crippen LogP contribution in [0.2, 0.25) is 0 Å². The minimum Gasteiger partial charge on any atom is -0.366 e. The van der Waals surface area contributed by atoms with Gasteiger partial charge in [-0.1, -0.05) is 18.2 Å². The molecule has 9 heteroatoms. The average Bonchev–Trinajstić information content (AvgIpc) is 2.68. The maximum absolute atomic E-state index is 13.1. The first-order valence-corrected chi connectivity index (χ1v) is 10.6. The molecule has 0 unspecified atom stereocenters. The molecule has 2 amide bonds. The number of aryl methyl sites for hydroxylation is 1. The Morgan fingerprint density at radius 1 is 1.03 bits per heavy atom. The van der Waals surface area contributed by atoms with Gasteiger partial charge in [0.25, 0.3) is 11.8 Å². The third-order valence-corrected chi connectivity index (χ3v) is 7.01. The molecule has 1 fully saturated rings. The van der Waals surface area contributed by atoms with Gasteiger partial charge in [-0.2, -0.15) is 4.31 Å². The van der Waals surface area contributed by atoms with Crippen LogP contribution in [0.25, 0.3) is 0 Å². The summed E-state index contributed by atoms with van der Waals surface area (Å²) in [6, 6.07) is 10.9. The first-order chi connectivity index (χ1) is 13.7. The van der Waals surface area contributed by atoms with Crippen LogP contribution in [0.3, 0.4) is 0 Å². The standard InChI is InChI=1S/C20H24N4O4S/c1-14-7-8-15(20(26)22-17-6-4-3-5-16(17)19(21)25)13-18(14)29(27,28)24-11-9-23(2)10-12-24/h3-8,13H,9-12H2,1-2H3,(H2,21,25)(H,22,26). The number of rotatable bonds is 5. The Morgan fingerprint density at radius 2 is 1.69 bits per heavy atom. The number of likely N-dealkylation sites (N-methyl/N-ethyl adjacent to an activating group) is 1. The number of nitrogens with zero attached hydrogens (tertiary/aromatic N) is 2. The van der Waals surface area contributed by atoms with Crippen molar-refractivity contribution in [2.75, 3.05) is 38.5 Å². The number of carbonyl (C=O) groups is 2. The fourth-order valence-corrected chi connectivity index (χ4v) is 4.86. The summed E-state index contributed by atoms with van der Waals surface area (Å²) in [5, 5.41) is 2.64. The zero-order valence-corrected chi connectivity index (χ0v) is 17.2. The van der Waals surface area contributed by atoms with Crippen molar-refractivity contribution >= 4 is 27.5 Å². The third kappa shape index (κ3) is 4.47. The number of para-hydroxylation sites is 1. The van der Waals surface area contributed by atoms with Crippen molar-refractivity contribution in [3.63, 3.8) is 0 Å². The summed E-state index contributed by atoms with van der Waals surface area (Å²) >= 11 is 0. The van der Waals surface area contributed by atoms with Gasteiger partial charge in [0.1, 0.15) is 0 Å². The van der Waals surface area contributed by atoms with Crippen LogP contribution in [0, 0.1) is 6.92 Å². The van der Waals surface area contributed by atoms with Crippen LogP contribution in [0.15, 0.2) is 47.4 Å². The van der Waals surface area contributed by atoms with Crippen LogP contribution in [-0.2, 0) is 10.0 Å². The summed E-state index contributed by atoms with van der Waals surface area (Å²) in [6.07, 6.45) is 0. The lowest BCUT2D eigenvalue weighted by Crippen LogP contribution is -2.47. The number of nitrogens with one attached hydrogen (secondary N) is 1. The highest BCUT2D eigenvalue weighted by molar-refractivity contribution is 7.89. The molecule has 1 heterocycles. The molecule has 0 aliphatic carbocycles. The smallest absolute Gasteiger partial charge is 0.255 e. The fraction of sp³-hybridized carbons (Fsp3) is 0.300. The summed E-state index contributed by atoms with van der Waals surface area (Å²) in [7, 11) is -1.77. The second-order valence-corrected chi connectivity index (χ2v) is 8.96. The monoisotopic (exact) mass is 416 g/mol. The lowest BCUT2D eigenvalue weighted by molar-refractivity contribution is 0.100. The number of amides is 2. The number of sulfonamides is 1. The van der Waals surface area contributed by atoms with E-state index in [4.69, 9.17) is 5.73 Å². The van der Waals surface area contributed by atoms with Gasteiger partial charge in [0, 0.05) is 31.7 Å². The van der Waals surface area contributed by atoms with E-state index in [0.29, 0.717) is 31.7 Å². The molecule has 29 heavy (non-hydrogen) atoms. The number of hydrogen-bond donors (Lipinski definition) is 2. The number of benzene rings is 2. The zero-order valence-electron chi connectivity index (χ0n) is 16.4. The summed E-state index contributed by atoms with van der Waals surface area (Å²) in [5.41, 5.74) is 6.55. The van der Waals surface area contributed by atoms with Gasteiger partial charge in [-0.3, -0.25) is 9.59 Å². The van der Waals surface area contributed by atoms with Crippen molar-refractivity contribution in [3.05, 3.63) is 59.2 Å². The molecule has 0 bridgehead atoms. The molecule has 1 aliphatic heterocycles. The van der Waals surface area contributed by atoms with Crippen LogP contribution in [-0.4, -0.2) is 62.7 Å². The molecule has 0 aromatic heterocycles. The fourth-order valence-electron chi connectivity index (χ4n) is 3.19. The van der Waals surface area contributed by atoms with Crippen LogP contribution in [0.5, 0.6) is 0 Å². The van der Waals surface area contributed by atoms with E-state index in [1.807, 2.05) is 7.05 Å². The Kier molecular flexibility index (Phi) is 6.02. The maximum Gasteiger partial charge on any atom is 0.255 e. The molecule has 1 aliphatic rings. The molecule has 154 valence electrons. The van der Waals surface area contributed by atoms with Gasteiger partial charge in [-0.15, -0.1) is 0 Å². The number of piperazine rings is 1. The summed E-state index contributed by atoms with van der Waals surface area (Å²) in [6.45, 7) is 3.82. The van der Waals surface area contributed by atoms with E-state index in [2.05, 4.69) is 10.2 Å². The van der Waals surface area contributed by atoms with Gasteiger partial charge in [-0.25, -0.2) is 8.42 Å². The highest BCUT2D eigenvalue weighted by Crippen LogP contribution is 2.23. The average molecular weight is 417 g/mol. The number of primary amides is 1. The Labute approximate surface area is 170 Å². The molecule has 8 nitrogen and oxygen atoms in total. The van der Waals surface area contributed by atoms with Gasteiger partial charge in [-0.05, 0) is 43.8 Å². The number of nitrogens with two attached hydrogens (primary N) is 1. The molecule has 3 N–H and O–H groups in total.